The average Bonchev–Trinajstić information content (AvgIpc) is 2.07. The molecular weight excluding hydrogens is 146 g/mol. The van der Waals surface area contributed by atoms with E-state index < -0.39 is 0 Å². The summed E-state index contributed by atoms with van der Waals surface area (Å²) in [6, 6.07) is -0.0903. The lowest BCUT2D eigenvalue weighted by Gasteiger charge is -1.99. The Bertz CT molecular complexity index is 355. The van der Waals surface area contributed by atoms with Crippen LogP contribution in [0.4, 0.5) is 0 Å². The van der Waals surface area contributed by atoms with Crippen LogP contribution >= 0.6 is 0 Å². The van der Waals surface area contributed by atoms with Crippen LogP contribution in [0.2, 0.25) is 0 Å². The third kappa shape index (κ3) is 1.13. The molecule has 0 saturated heterocycles. The van der Waals surface area contributed by atoms with Crippen molar-refractivity contribution in [2.24, 2.45) is 7.05 Å². The Balaban J connectivity index is 3.47. The predicted octanol–water partition coefficient (Wildman–Crippen LogP) is -0.544. The molecule has 0 aromatic carbocycles. The topological polar surface area (TPSA) is 59.8 Å². The first-order valence-electron chi connectivity index (χ1n) is 3.41. The number of aryl methyl sites for hydroxylation is 1. The number of nitrogens with one attached hydrogen (secondary N) is 1. The maximum Gasteiger partial charge on any atom is 0.346 e. The van der Waals surface area contributed by atoms with E-state index in [0.717, 1.165) is 0 Å². The van der Waals surface area contributed by atoms with Crippen LogP contribution in [0.15, 0.2) is 9.59 Å². The molecule has 1 aromatic rings. The Kier molecular flexibility index (Phi) is 1.72. The molecule has 0 saturated carbocycles. The van der Waals surface area contributed by atoms with Gasteiger partial charge in [-0.15, -0.1) is 0 Å². The highest BCUT2D eigenvalue weighted by atomic mass is 16.2. The van der Waals surface area contributed by atoms with Crippen molar-refractivity contribution in [3.8, 4) is 0 Å². The van der Waals surface area contributed by atoms with Crippen molar-refractivity contribution < 1.29 is 0 Å². The number of hydrogen-bond donors (Lipinski definition) is 1. The molecule has 62 valence electrons. The van der Waals surface area contributed by atoms with Crippen LogP contribution in [-0.4, -0.2) is 14.3 Å². The molecule has 1 rings (SSSR count). The first kappa shape index (κ1) is 7.84. The molecule has 0 unspecified atom stereocenters. The second-order valence-electron chi connectivity index (χ2n) is 2.72. The van der Waals surface area contributed by atoms with Crippen molar-refractivity contribution in [3.63, 3.8) is 0 Å². The van der Waals surface area contributed by atoms with Gasteiger partial charge in [0.05, 0.1) is 0 Å². The van der Waals surface area contributed by atoms with Crippen LogP contribution < -0.4 is 11.4 Å². The quantitative estimate of drug-likeness (QED) is 0.595. The number of aromatic nitrogens is 3. The van der Waals surface area contributed by atoms with Gasteiger partial charge in [-0.05, 0) is 13.8 Å². The zero-order chi connectivity index (χ0) is 8.59. The van der Waals surface area contributed by atoms with Gasteiger partial charge in [0.2, 0.25) is 0 Å². The minimum atomic E-state index is -0.354. The van der Waals surface area contributed by atoms with Gasteiger partial charge in [-0.25, -0.2) is 23.9 Å². The van der Waals surface area contributed by atoms with E-state index >= 15 is 0 Å². The maximum absolute atomic E-state index is 11.1. The fourth-order valence-electron chi connectivity index (χ4n) is 0.949. The van der Waals surface area contributed by atoms with Crippen LogP contribution in [0.3, 0.4) is 0 Å². The van der Waals surface area contributed by atoms with Crippen LogP contribution in [0.5, 0.6) is 0 Å². The van der Waals surface area contributed by atoms with E-state index in [1.807, 2.05) is 0 Å². The van der Waals surface area contributed by atoms with E-state index in [0.29, 0.717) is 0 Å². The molecule has 0 spiro atoms. The van der Waals surface area contributed by atoms with Crippen molar-refractivity contribution >= 4 is 0 Å². The number of nitrogens with zero attached hydrogens (tertiary/aromatic N) is 2. The lowest BCUT2D eigenvalue weighted by Crippen LogP contribution is -2.29. The van der Waals surface area contributed by atoms with Crippen LogP contribution in [-0.2, 0) is 7.05 Å². The number of aromatic amines is 1. The predicted molar refractivity (Wildman–Crippen MR) is 40.7 cm³/mol. The zero-order valence-corrected chi connectivity index (χ0v) is 6.79. The second kappa shape index (κ2) is 2.41. The molecule has 5 nitrogen and oxygen atoms in total. The summed E-state index contributed by atoms with van der Waals surface area (Å²) < 4.78 is 2.34. The Morgan fingerprint density at radius 2 is 1.91 bits per heavy atom. The lowest BCUT2D eigenvalue weighted by atomic mass is 10.4. The maximum atomic E-state index is 11.1. The Morgan fingerprint density at radius 1 is 1.36 bits per heavy atom. The Labute approximate surface area is 63.3 Å². The summed E-state index contributed by atoms with van der Waals surface area (Å²) in [5.41, 5.74) is -0.655. The summed E-state index contributed by atoms with van der Waals surface area (Å²) in [5.74, 6) is 0. The molecule has 1 heterocycles. The molecular formula is C6H11N3O2. The fourth-order valence-corrected chi connectivity index (χ4v) is 0.949. The van der Waals surface area contributed by atoms with Crippen LogP contribution in [0.25, 0.3) is 0 Å². The van der Waals surface area contributed by atoms with E-state index in [9.17, 15) is 9.59 Å². The molecule has 0 aliphatic heterocycles. The van der Waals surface area contributed by atoms with Crippen LogP contribution in [0, 0.1) is 0 Å². The van der Waals surface area contributed by atoms with Crippen molar-refractivity contribution in [1.29, 1.82) is 0 Å². The second-order valence-corrected chi connectivity index (χ2v) is 2.72. The van der Waals surface area contributed by atoms with Gasteiger partial charge in [0.15, 0.2) is 0 Å². The summed E-state index contributed by atoms with van der Waals surface area (Å²) in [4.78, 5) is 22.1. The van der Waals surface area contributed by atoms with E-state index in [4.69, 9.17) is 0 Å². The first-order valence-corrected chi connectivity index (χ1v) is 3.41. The van der Waals surface area contributed by atoms with E-state index in [1.54, 1.807) is 13.8 Å². The van der Waals surface area contributed by atoms with Gasteiger partial charge in [0.25, 0.3) is 0 Å². The van der Waals surface area contributed by atoms with Gasteiger partial charge < -0.3 is 0 Å². The summed E-state index contributed by atoms with van der Waals surface area (Å²) in [5, 5.41) is 2.37. The summed E-state index contributed by atoms with van der Waals surface area (Å²) in [7, 11) is 1.52. The molecule has 0 atom stereocenters. The highest BCUT2D eigenvalue weighted by Crippen LogP contribution is 1.91. The van der Waals surface area contributed by atoms with Gasteiger partial charge in [-0.2, -0.15) is 0 Å². The summed E-state index contributed by atoms with van der Waals surface area (Å²) in [6.07, 6.45) is 0. The lowest BCUT2D eigenvalue weighted by molar-refractivity contribution is 0.554. The molecule has 0 fully saturated rings. The molecule has 0 aliphatic rings. The van der Waals surface area contributed by atoms with Gasteiger partial charge in [-0.1, -0.05) is 0 Å². The van der Waals surface area contributed by atoms with E-state index in [1.165, 1.54) is 16.3 Å². The third-order valence-corrected chi connectivity index (χ3v) is 1.49. The fraction of sp³-hybridized carbons (Fsp3) is 0.667. The first-order chi connectivity index (χ1) is 5.04. The SMILES string of the molecule is CC(C)n1c(=O)[nH]n(C)c1=O. The zero-order valence-electron chi connectivity index (χ0n) is 6.79. The summed E-state index contributed by atoms with van der Waals surface area (Å²) in [6.45, 7) is 3.58. The van der Waals surface area contributed by atoms with Gasteiger partial charge >= 0.3 is 11.4 Å². The van der Waals surface area contributed by atoms with E-state index in [2.05, 4.69) is 5.10 Å². The molecule has 1 aromatic heterocycles. The average molecular weight is 157 g/mol. The number of H-pyrrole nitrogens is 1. The molecule has 5 heteroatoms. The smallest absolute Gasteiger partial charge is 0.246 e. The Morgan fingerprint density at radius 3 is 2.09 bits per heavy atom. The molecule has 1 N–H and O–H groups in total. The van der Waals surface area contributed by atoms with Gasteiger partial charge in [0, 0.05) is 13.1 Å². The monoisotopic (exact) mass is 157 g/mol. The molecule has 11 heavy (non-hydrogen) atoms. The molecule has 0 bridgehead atoms. The van der Waals surface area contributed by atoms with Crippen LogP contribution in [0.1, 0.15) is 19.9 Å². The van der Waals surface area contributed by atoms with Gasteiger partial charge in [0.1, 0.15) is 0 Å². The van der Waals surface area contributed by atoms with Crippen molar-refractivity contribution in [3.05, 3.63) is 21.0 Å². The minimum absolute atomic E-state index is 0.0903. The highest BCUT2D eigenvalue weighted by molar-refractivity contribution is 4.71. The van der Waals surface area contributed by atoms with Crippen molar-refractivity contribution in [2.75, 3.05) is 0 Å². The normalized spacial score (nSPS) is 10.9. The third-order valence-electron chi connectivity index (χ3n) is 1.49. The number of hydrogen-bond acceptors (Lipinski definition) is 2. The largest absolute Gasteiger partial charge is 0.346 e. The molecule has 0 radical (unpaired) electrons. The van der Waals surface area contributed by atoms with E-state index in [-0.39, 0.29) is 17.4 Å². The number of rotatable bonds is 1. The highest BCUT2D eigenvalue weighted by Gasteiger charge is 2.07. The standard InChI is InChI=1S/C6H11N3O2/c1-4(2)9-5(10)7-8(3)6(9)11/h4H,1-3H3,(H,7,10). The minimum Gasteiger partial charge on any atom is -0.246 e. The van der Waals surface area contributed by atoms with Crippen molar-refractivity contribution in [2.45, 2.75) is 19.9 Å². The summed E-state index contributed by atoms with van der Waals surface area (Å²) >= 11 is 0. The Hall–Kier alpha value is -1.26. The molecule has 0 amide bonds. The van der Waals surface area contributed by atoms with Gasteiger partial charge in [-0.3, -0.25) is 0 Å². The van der Waals surface area contributed by atoms with Crippen molar-refractivity contribution in [1.82, 2.24) is 14.3 Å². The molecule has 0 aliphatic carbocycles.